The zero-order chi connectivity index (χ0) is 22.0. The SMILES string of the molecule is O=C1OC(=O)c2ccc3c4c(Br)c(Br)c5c6c(ccc(c7ccc1c2c73)c64)C(=O)OC5=O. The van der Waals surface area contributed by atoms with E-state index < -0.39 is 23.9 Å². The van der Waals surface area contributed by atoms with Crippen LogP contribution in [0.2, 0.25) is 0 Å². The van der Waals surface area contributed by atoms with Gasteiger partial charge in [-0.15, -0.1) is 0 Å². The summed E-state index contributed by atoms with van der Waals surface area (Å²) in [5.74, 6) is -2.78. The van der Waals surface area contributed by atoms with Crippen LogP contribution < -0.4 is 0 Å². The summed E-state index contributed by atoms with van der Waals surface area (Å²) in [4.78, 5) is 50.0. The number of halogens is 2. The molecule has 5 aromatic rings. The fourth-order valence-corrected chi connectivity index (χ4v) is 6.22. The lowest BCUT2D eigenvalue weighted by atomic mass is 9.83. The van der Waals surface area contributed by atoms with Crippen LogP contribution in [0.15, 0.2) is 45.3 Å². The fraction of sp³-hybridized carbons (Fsp3) is 0. The molecule has 0 spiro atoms. The highest BCUT2D eigenvalue weighted by Gasteiger charge is 2.35. The standard InChI is InChI=1S/C24H6Br2O6/c25-19-17-9-3-6-11-14-10(21(27)31-22(11)28)4-1-7(13(9)14)8-2-5-12-16(15(8)17)18(20(19)26)24(30)32-23(12)29/h1-6H. The van der Waals surface area contributed by atoms with Gasteiger partial charge in [0, 0.05) is 30.5 Å². The molecule has 0 saturated heterocycles. The van der Waals surface area contributed by atoms with Gasteiger partial charge in [-0.2, -0.15) is 0 Å². The van der Waals surface area contributed by atoms with Crippen molar-refractivity contribution in [3.8, 4) is 0 Å². The van der Waals surface area contributed by atoms with Gasteiger partial charge in [0.2, 0.25) is 0 Å². The highest BCUT2D eigenvalue weighted by molar-refractivity contribution is 9.13. The summed E-state index contributed by atoms with van der Waals surface area (Å²) in [5.41, 5.74) is 1.23. The maximum Gasteiger partial charge on any atom is 0.347 e. The highest BCUT2D eigenvalue weighted by Crippen LogP contribution is 2.50. The molecule has 152 valence electrons. The molecule has 0 unspecified atom stereocenters. The first-order valence-corrected chi connectivity index (χ1v) is 11.1. The molecule has 0 radical (unpaired) electrons. The van der Waals surface area contributed by atoms with Crippen molar-refractivity contribution in [3.63, 3.8) is 0 Å². The Kier molecular flexibility index (Phi) is 3.25. The summed E-state index contributed by atoms with van der Waals surface area (Å²) in [6, 6.07) is 10.3. The molecule has 2 aliphatic heterocycles. The first kappa shape index (κ1) is 18.2. The first-order valence-electron chi connectivity index (χ1n) is 9.49. The van der Waals surface area contributed by atoms with Crippen molar-refractivity contribution in [2.45, 2.75) is 0 Å². The van der Waals surface area contributed by atoms with Crippen molar-refractivity contribution < 1.29 is 28.7 Å². The number of hydrogen-bond donors (Lipinski definition) is 0. The first-order chi connectivity index (χ1) is 15.4. The number of benzene rings is 5. The molecule has 2 heterocycles. The zero-order valence-corrected chi connectivity index (χ0v) is 18.8. The number of rotatable bonds is 0. The van der Waals surface area contributed by atoms with Crippen LogP contribution in [0.1, 0.15) is 41.4 Å². The Morgan fingerprint density at radius 1 is 0.469 bits per heavy atom. The number of hydrogen-bond acceptors (Lipinski definition) is 6. The van der Waals surface area contributed by atoms with Gasteiger partial charge in [0.05, 0.1) is 22.3 Å². The zero-order valence-electron chi connectivity index (χ0n) is 15.7. The molecular weight excluding hydrogens is 544 g/mol. The molecular formula is C24H6Br2O6. The van der Waals surface area contributed by atoms with Gasteiger partial charge in [-0.05, 0) is 71.6 Å². The molecule has 0 N–H and O–H groups in total. The van der Waals surface area contributed by atoms with Crippen molar-refractivity contribution in [1.29, 1.82) is 0 Å². The summed E-state index contributed by atoms with van der Waals surface area (Å²) in [6.45, 7) is 0. The summed E-state index contributed by atoms with van der Waals surface area (Å²) >= 11 is 7.13. The van der Waals surface area contributed by atoms with E-state index in [4.69, 9.17) is 9.47 Å². The average Bonchev–Trinajstić information content (AvgIpc) is 2.77. The Morgan fingerprint density at radius 3 is 1.59 bits per heavy atom. The lowest BCUT2D eigenvalue weighted by Crippen LogP contribution is -2.21. The predicted molar refractivity (Wildman–Crippen MR) is 123 cm³/mol. The van der Waals surface area contributed by atoms with Gasteiger partial charge in [0.1, 0.15) is 0 Å². The number of carbonyl (C=O) groups is 4. The van der Waals surface area contributed by atoms with E-state index >= 15 is 0 Å². The van der Waals surface area contributed by atoms with Crippen LogP contribution in [-0.2, 0) is 9.47 Å². The van der Waals surface area contributed by atoms with Gasteiger partial charge in [-0.25, -0.2) is 19.2 Å². The molecule has 0 fully saturated rings. The van der Waals surface area contributed by atoms with Crippen molar-refractivity contribution in [3.05, 3.63) is 67.6 Å². The third-order valence-electron chi connectivity index (χ3n) is 6.29. The van der Waals surface area contributed by atoms with E-state index in [0.29, 0.717) is 36.4 Å². The van der Waals surface area contributed by atoms with Gasteiger partial charge < -0.3 is 9.47 Å². The lowest BCUT2D eigenvalue weighted by molar-refractivity contribution is 0.0373. The van der Waals surface area contributed by atoms with Crippen LogP contribution in [-0.4, -0.2) is 23.9 Å². The smallest absolute Gasteiger partial charge is 0.347 e. The van der Waals surface area contributed by atoms with Crippen LogP contribution >= 0.6 is 31.9 Å². The van der Waals surface area contributed by atoms with Crippen molar-refractivity contribution in [1.82, 2.24) is 0 Å². The Hall–Kier alpha value is -3.36. The van der Waals surface area contributed by atoms with E-state index in [-0.39, 0.29) is 5.56 Å². The minimum absolute atomic E-state index is 0.278. The monoisotopic (exact) mass is 548 g/mol. The van der Waals surface area contributed by atoms with E-state index in [0.717, 1.165) is 32.3 Å². The molecule has 2 aliphatic rings. The Labute approximate surface area is 194 Å². The normalized spacial score (nSPS) is 15.3. The molecule has 5 aromatic carbocycles. The maximum absolute atomic E-state index is 12.6. The average molecular weight is 550 g/mol. The molecule has 0 saturated carbocycles. The van der Waals surface area contributed by atoms with Crippen LogP contribution in [0.3, 0.4) is 0 Å². The second kappa shape index (κ2) is 5.70. The van der Waals surface area contributed by atoms with Crippen LogP contribution in [0, 0.1) is 0 Å². The third kappa shape index (κ3) is 1.91. The molecule has 0 amide bonds. The van der Waals surface area contributed by atoms with Gasteiger partial charge in [0.25, 0.3) is 0 Å². The number of esters is 4. The molecule has 7 rings (SSSR count). The van der Waals surface area contributed by atoms with Crippen LogP contribution in [0.4, 0.5) is 0 Å². The fourth-order valence-electron chi connectivity index (χ4n) is 5.05. The van der Waals surface area contributed by atoms with Crippen LogP contribution in [0.25, 0.3) is 43.1 Å². The predicted octanol–water partition coefficient (Wildman–Crippen LogP) is 5.88. The highest BCUT2D eigenvalue weighted by atomic mass is 79.9. The van der Waals surface area contributed by atoms with Gasteiger partial charge in [-0.3, -0.25) is 0 Å². The minimum atomic E-state index is -0.719. The Balaban J connectivity index is 1.87. The quantitative estimate of drug-likeness (QED) is 0.104. The Morgan fingerprint density at radius 2 is 0.969 bits per heavy atom. The molecule has 32 heavy (non-hydrogen) atoms. The van der Waals surface area contributed by atoms with E-state index in [2.05, 4.69) is 31.9 Å². The topological polar surface area (TPSA) is 86.7 Å². The van der Waals surface area contributed by atoms with E-state index in [1.807, 2.05) is 0 Å². The molecule has 0 aliphatic carbocycles. The summed E-state index contributed by atoms with van der Waals surface area (Å²) < 4.78 is 10.9. The van der Waals surface area contributed by atoms with E-state index in [1.165, 1.54) is 0 Å². The lowest BCUT2D eigenvalue weighted by Gasteiger charge is -2.24. The number of cyclic esters (lactones) is 4. The molecule has 0 aromatic heterocycles. The number of carbonyl (C=O) groups excluding carboxylic acids is 4. The summed E-state index contributed by atoms with van der Waals surface area (Å²) in [7, 11) is 0. The summed E-state index contributed by atoms with van der Waals surface area (Å²) in [6.07, 6.45) is 0. The van der Waals surface area contributed by atoms with Crippen LogP contribution in [0.5, 0.6) is 0 Å². The second-order valence-electron chi connectivity index (χ2n) is 7.71. The number of fused-ring (bicyclic) bond motifs is 2. The van der Waals surface area contributed by atoms with Crippen molar-refractivity contribution in [2.75, 3.05) is 0 Å². The Bertz CT molecular complexity index is 1800. The molecule has 0 atom stereocenters. The largest absolute Gasteiger partial charge is 0.386 e. The van der Waals surface area contributed by atoms with Gasteiger partial charge >= 0.3 is 23.9 Å². The summed E-state index contributed by atoms with van der Waals surface area (Å²) in [5, 5.41) is 5.67. The number of ether oxygens (including phenoxy) is 2. The minimum Gasteiger partial charge on any atom is -0.386 e. The van der Waals surface area contributed by atoms with E-state index in [9.17, 15) is 19.2 Å². The van der Waals surface area contributed by atoms with E-state index in [1.54, 1.807) is 36.4 Å². The van der Waals surface area contributed by atoms with Crippen molar-refractivity contribution >= 4 is 98.8 Å². The van der Waals surface area contributed by atoms with Crippen molar-refractivity contribution in [2.24, 2.45) is 0 Å². The molecule has 8 heteroatoms. The second-order valence-corrected chi connectivity index (χ2v) is 9.30. The third-order valence-corrected chi connectivity index (χ3v) is 8.41. The van der Waals surface area contributed by atoms with Gasteiger partial charge in [-0.1, -0.05) is 18.2 Å². The maximum atomic E-state index is 12.6. The molecule has 6 nitrogen and oxygen atoms in total. The molecule has 0 bridgehead atoms. The van der Waals surface area contributed by atoms with Gasteiger partial charge in [0.15, 0.2) is 0 Å².